The summed E-state index contributed by atoms with van der Waals surface area (Å²) in [5, 5.41) is 11.8. The molecule has 1 rings (SSSR count). The second-order valence-electron chi connectivity index (χ2n) is 3.62. The van der Waals surface area contributed by atoms with Crippen molar-refractivity contribution < 1.29 is 14.6 Å². The molecule has 84 valence electrons. The van der Waals surface area contributed by atoms with Gasteiger partial charge in [-0.3, -0.25) is 0 Å². The molecule has 4 nitrogen and oxygen atoms in total. The lowest BCUT2D eigenvalue weighted by Gasteiger charge is -2.08. The lowest BCUT2D eigenvalue weighted by Crippen LogP contribution is -2.24. The van der Waals surface area contributed by atoms with Gasteiger partial charge in [0.25, 0.3) is 0 Å². The summed E-state index contributed by atoms with van der Waals surface area (Å²) in [5.74, 6) is 0.702. The molecule has 0 radical (unpaired) electrons. The summed E-state index contributed by atoms with van der Waals surface area (Å²) in [5.41, 5.74) is 0. The van der Waals surface area contributed by atoms with Crippen molar-refractivity contribution in [3.8, 4) is 0 Å². The zero-order valence-electron chi connectivity index (χ0n) is 8.71. The van der Waals surface area contributed by atoms with E-state index in [0.717, 1.165) is 39.3 Å². The van der Waals surface area contributed by atoms with E-state index in [0.29, 0.717) is 12.5 Å². The smallest absolute Gasteiger partial charge is 0.0697 e. The van der Waals surface area contributed by atoms with Gasteiger partial charge < -0.3 is 19.9 Å². The van der Waals surface area contributed by atoms with Crippen molar-refractivity contribution in [3.05, 3.63) is 0 Å². The first-order chi connectivity index (χ1) is 6.93. The summed E-state index contributed by atoms with van der Waals surface area (Å²) in [6.07, 6.45) is 2.20. The Morgan fingerprint density at radius 3 is 3.07 bits per heavy atom. The molecular formula is C10H21NO3. The molecule has 0 aromatic rings. The number of hydrogen-bond acceptors (Lipinski definition) is 4. The van der Waals surface area contributed by atoms with E-state index in [2.05, 4.69) is 5.32 Å². The van der Waals surface area contributed by atoms with Crippen LogP contribution in [0, 0.1) is 5.92 Å². The Bertz CT molecular complexity index is 127. The molecule has 0 aromatic carbocycles. The predicted molar refractivity (Wildman–Crippen MR) is 54.3 cm³/mol. The van der Waals surface area contributed by atoms with Gasteiger partial charge in [-0.2, -0.15) is 0 Å². The number of rotatable bonds is 8. The van der Waals surface area contributed by atoms with Crippen molar-refractivity contribution in [2.24, 2.45) is 5.92 Å². The second-order valence-corrected chi connectivity index (χ2v) is 3.62. The van der Waals surface area contributed by atoms with Crippen LogP contribution in [0.3, 0.4) is 0 Å². The summed E-state index contributed by atoms with van der Waals surface area (Å²) in [6, 6.07) is 0. The van der Waals surface area contributed by atoms with Crippen LogP contribution in [0.1, 0.15) is 12.8 Å². The third-order valence-electron chi connectivity index (χ3n) is 2.33. The molecule has 0 spiro atoms. The minimum atomic E-state index is 0.118. The van der Waals surface area contributed by atoms with Crippen LogP contribution >= 0.6 is 0 Å². The minimum absolute atomic E-state index is 0.118. The molecule has 14 heavy (non-hydrogen) atoms. The van der Waals surface area contributed by atoms with E-state index in [1.165, 1.54) is 6.42 Å². The van der Waals surface area contributed by atoms with Crippen LogP contribution in [0.15, 0.2) is 0 Å². The van der Waals surface area contributed by atoms with Gasteiger partial charge in [0.05, 0.1) is 19.8 Å². The van der Waals surface area contributed by atoms with Crippen LogP contribution in [-0.2, 0) is 9.47 Å². The second kappa shape index (κ2) is 8.17. The normalized spacial score (nSPS) is 21.6. The van der Waals surface area contributed by atoms with Gasteiger partial charge in [0.2, 0.25) is 0 Å². The van der Waals surface area contributed by atoms with E-state index in [9.17, 15) is 0 Å². The summed E-state index contributed by atoms with van der Waals surface area (Å²) in [4.78, 5) is 0. The van der Waals surface area contributed by atoms with Crippen LogP contribution in [0.5, 0.6) is 0 Å². The van der Waals surface area contributed by atoms with Crippen LogP contribution in [0.4, 0.5) is 0 Å². The average molecular weight is 203 g/mol. The van der Waals surface area contributed by atoms with Crippen molar-refractivity contribution in [2.45, 2.75) is 12.8 Å². The van der Waals surface area contributed by atoms with E-state index in [-0.39, 0.29) is 6.61 Å². The molecule has 1 aliphatic heterocycles. The lowest BCUT2D eigenvalue weighted by molar-refractivity contribution is 0.0906. The van der Waals surface area contributed by atoms with Crippen LogP contribution in [-0.4, -0.2) is 51.2 Å². The zero-order chi connectivity index (χ0) is 10.1. The third kappa shape index (κ3) is 5.54. The number of aliphatic hydroxyl groups excluding tert-OH is 1. The quantitative estimate of drug-likeness (QED) is 0.546. The van der Waals surface area contributed by atoms with Crippen molar-refractivity contribution in [1.29, 1.82) is 0 Å². The maximum Gasteiger partial charge on any atom is 0.0697 e. The van der Waals surface area contributed by atoms with Gasteiger partial charge in [-0.1, -0.05) is 0 Å². The zero-order valence-corrected chi connectivity index (χ0v) is 8.71. The SMILES string of the molecule is OCCOCCCNCC1CCOC1. The molecule has 0 amide bonds. The fourth-order valence-electron chi connectivity index (χ4n) is 1.52. The number of aliphatic hydroxyl groups is 1. The van der Waals surface area contributed by atoms with E-state index in [4.69, 9.17) is 14.6 Å². The predicted octanol–water partition coefficient (Wildman–Crippen LogP) is 0.0115. The molecule has 0 aromatic heterocycles. The molecule has 1 heterocycles. The number of ether oxygens (including phenoxy) is 2. The fourth-order valence-corrected chi connectivity index (χ4v) is 1.52. The van der Waals surface area contributed by atoms with Crippen LogP contribution in [0.25, 0.3) is 0 Å². The molecule has 0 saturated carbocycles. The maximum atomic E-state index is 8.46. The van der Waals surface area contributed by atoms with E-state index >= 15 is 0 Å². The molecule has 1 aliphatic rings. The van der Waals surface area contributed by atoms with Gasteiger partial charge in [0, 0.05) is 19.8 Å². The summed E-state index contributed by atoms with van der Waals surface area (Å²) in [6.45, 7) is 5.18. The van der Waals surface area contributed by atoms with E-state index in [1.54, 1.807) is 0 Å². The summed E-state index contributed by atoms with van der Waals surface area (Å²) in [7, 11) is 0. The van der Waals surface area contributed by atoms with Crippen molar-refractivity contribution >= 4 is 0 Å². The number of nitrogens with one attached hydrogen (secondary N) is 1. The highest BCUT2D eigenvalue weighted by Crippen LogP contribution is 2.10. The van der Waals surface area contributed by atoms with Crippen LogP contribution < -0.4 is 5.32 Å². The minimum Gasteiger partial charge on any atom is -0.394 e. The molecule has 1 fully saturated rings. The Morgan fingerprint density at radius 2 is 2.36 bits per heavy atom. The Balaban J connectivity index is 1.75. The Kier molecular flexibility index (Phi) is 6.95. The molecule has 0 aliphatic carbocycles. The summed E-state index contributed by atoms with van der Waals surface area (Å²) >= 11 is 0. The fraction of sp³-hybridized carbons (Fsp3) is 1.00. The first kappa shape index (κ1) is 11.9. The molecule has 1 unspecified atom stereocenters. The lowest BCUT2D eigenvalue weighted by atomic mass is 10.1. The first-order valence-corrected chi connectivity index (χ1v) is 5.40. The van der Waals surface area contributed by atoms with E-state index < -0.39 is 0 Å². The van der Waals surface area contributed by atoms with Crippen LogP contribution in [0.2, 0.25) is 0 Å². The molecular weight excluding hydrogens is 182 g/mol. The topological polar surface area (TPSA) is 50.7 Å². The summed E-state index contributed by atoms with van der Waals surface area (Å²) < 4.78 is 10.4. The number of hydrogen-bond donors (Lipinski definition) is 2. The largest absolute Gasteiger partial charge is 0.394 e. The van der Waals surface area contributed by atoms with Gasteiger partial charge >= 0.3 is 0 Å². The standard InChI is InChI=1S/C10H21NO3/c12-4-7-13-5-1-3-11-8-10-2-6-14-9-10/h10-12H,1-9H2. The Hall–Kier alpha value is -0.160. The van der Waals surface area contributed by atoms with Crippen molar-refractivity contribution in [2.75, 3.05) is 46.1 Å². The maximum absolute atomic E-state index is 8.46. The van der Waals surface area contributed by atoms with Gasteiger partial charge in [-0.05, 0) is 25.3 Å². The third-order valence-corrected chi connectivity index (χ3v) is 2.33. The van der Waals surface area contributed by atoms with E-state index in [1.807, 2.05) is 0 Å². The van der Waals surface area contributed by atoms with Gasteiger partial charge in [-0.25, -0.2) is 0 Å². The molecule has 4 heteroatoms. The highest BCUT2D eigenvalue weighted by atomic mass is 16.5. The highest BCUT2D eigenvalue weighted by molar-refractivity contribution is 4.66. The van der Waals surface area contributed by atoms with Gasteiger partial charge in [-0.15, -0.1) is 0 Å². The Morgan fingerprint density at radius 1 is 1.43 bits per heavy atom. The molecule has 1 atom stereocenters. The van der Waals surface area contributed by atoms with Crippen molar-refractivity contribution in [3.63, 3.8) is 0 Å². The molecule has 1 saturated heterocycles. The Labute approximate surface area is 85.6 Å². The van der Waals surface area contributed by atoms with Crippen molar-refractivity contribution in [1.82, 2.24) is 5.32 Å². The highest BCUT2D eigenvalue weighted by Gasteiger charge is 2.14. The first-order valence-electron chi connectivity index (χ1n) is 5.40. The van der Waals surface area contributed by atoms with Gasteiger partial charge in [0.1, 0.15) is 0 Å². The molecule has 0 bridgehead atoms. The van der Waals surface area contributed by atoms with Gasteiger partial charge in [0.15, 0.2) is 0 Å². The average Bonchev–Trinajstić information content (AvgIpc) is 2.69. The molecule has 2 N–H and O–H groups in total. The monoisotopic (exact) mass is 203 g/mol.